The van der Waals surface area contributed by atoms with Gasteiger partial charge in [0.05, 0.1) is 42.2 Å². The van der Waals surface area contributed by atoms with Gasteiger partial charge in [0.2, 0.25) is 0 Å². The van der Waals surface area contributed by atoms with Crippen LogP contribution in [0.15, 0.2) is 133 Å². The molecule has 0 aliphatic rings. The van der Waals surface area contributed by atoms with Crippen molar-refractivity contribution < 1.29 is 24.1 Å². The van der Waals surface area contributed by atoms with Gasteiger partial charge in [-0.25, -0.2) is 9.97 Å². The first-order valence-electron chi connectivity index (χ1n) is 17.1. The van der Waals surface area contributed by atoms with E-state index in [1.807, 2.05) is 134 Å². The number of hydrogen-bond acceptors (Lipinski definition) is 8. The summed E-state index contributed by atoms with van der Waals surface area (Å²) in [6, 6.07) is 44.9. The minimum atomic E-state index is -0.0269. The summed E-state index contributed by atoms with van der Waals surface area (Å²) < 4.78 is 23.1. The fourth-order valence-electron chi connectivity index (χ4n) is 5.65. The summed E-state index contributed by atoms with van der Waals surface area (Å²) in [6.45, 7) is 3.40. The predicted molar refractivity (Wildman–Crippen MR) is 207 cm³/mol. The third-order valence-corrected chi connectivity index (χ3v) is 8.41. The van der Waals surface area contributed by atoms with Gasteiger partial charge in [-0.2, -0.15) is 5.26 Å². The van der Waals surface area contributed by atoms with Crippen molar-refractivity contribution in [2.75, 3.05) is 6.61 Å². The molecule has 8 nitrogen and oxygen atoms in total. The van der Waals surface area contributed by atoms with Crippen molar-refractivity contribution in [3.63, 3.8) is 0 Å². The molecule has 0 fully saturated rings. The monoisotopic (exact) mass is 723 g/mol. The van der Waals surface area contributed by atoms with Gasteiger partial charge in [0, 0.05) is 21.4 Å². The lowest BCUT2D eigenvalue weighted by molar-refractivity contribution is 0.105. The van der Waals surface area contributed by atoms with E-state index in [1.54, 1.807) is 6.07 Å². The highest BCUT2D eigenvalue weighted by Gasteiger charge is 2.10. The van der Waals surface area contributed by atoms with E-state index < -0.39 is 0 Å². The average molecular weight is 724 g/mol. The molecule has 1 N–H and O–H groups in total. The molecule has 2 aromatic heterocycles. The molecule has 0 unspecified atom stereocenters. The molecule has 0 aliphatic heterocycles. The van der Waals surface area contributed by atoms with Gasteiger partial charge in [0.25, 0.3) is 0 Å². The van der Waals surface area contributed by atoms with Gasteiger partial charge in [0.1, 0.15) is 36.5 Å². The zero-order valence-corrected chi connectivity index (χ0v) is 30.0. The van der Waals surface area contributed by atoms with Crippen LogP contribution < -0.4 is 14.2 Å². The van der Waals surface area contributed by atoms with E-state index in [1.165, 1.54) is 0 Å². The number of nitrogens with zero attached hydrogens (tertiary/aromatic N) is 3. The van der Waals surface area contributed by atoms with Crippen LogP contribution in [0.25, 0.3) is 21.8 Å². The zero-order valence-electron chi connectivity index (χ0n) is 29.2. The first-order chi connectivity index (χ1) is 26.0. The Morgan fingerprint density at radius 3 is 1.81 bits per heavy atom. The van der Waals surface area contributed by atoms with Crippen LogP contribution in [0.3, 0.4) is 0 Å². The van der Waals surface area contributed by atoms with Crippen molar-refractivity contribution >= 4 is 33.4 Å². The fourth-order valence-corrected chi connectivity index (χ4v) is 5.94. The first kappa shape index (κ1) is 36.8. The maximum atomic E-state index is 9.10. The SMILES string of the molecule is Cc1cc(Cl)cc(COCc2cccc(OCc3ccc4ccccc4n3)c2)c1OCC#N.OCc1cccc(OCc2ccc3ccccc3n2)c1. The lowest BCUT2D eigenvalue weighted by atomic mass is 10.1. The molecule has 0 radical (unpaired) electrons. The number of ether oxygens (including phenoxy) is 4. The second kappa shape index (κ2) is 18.5. The number of aliphatic hydroxyl groups is 1. The second-order valence-corrected chi connectivity index (χ2v) is 12.6. The molecule has 0 amide bonds. The molecule has 266 valence electrons. The summed E-state index contributed by atoms with van der Waals surface area (Å²) in [5, 5.41) is 20.8. The highest BCUT2D eigenvalue weighted by Crippen LogP contribution is 2.29. The third kappa shape index (κ3) is 10.5. The number of hydrogen-bond donors (Lipinski definition) is 1. The highest BCUT2D eigenvalue weighted by molar-refractivity contribution is 6.30. The van der Waals surface area contributed by atoms with Crippen LogP contribution in [0.5, 0.6) is 17.2 Å². The molecule has 7 rings (SSSR count). The quantitative estimate of drug-likeness (QED) is 0.125. The average Bonchev–Trinajstić information content (AvgIpc) is 3.19. The zero-order chi connectivity index (χ0) is 36.8. The van der Waals surface area contributed by atoms with Crippen molar-refractivity contribution in [3.05, 3.63) is 172 Å². The van der Waals surface area contributed by atoms with E-state index in [0.717, 1.165) is 66.9 Å². The Kier molecular flexibility index (Phi) is 12.8. The minimum absolute atomic E-state index is 0.0193. The molecule has 2 heterocycles. The predicted octanol–water partition coefficient (Wildman–Crippen LogP) is 9.70. The number of halogens is 1. The second-order valence-electron chi connectivity index (χ2n) is 12.2. The Bertz CT molecular complexity index is 2340. The molecule has 7 aromatic rings. The fraction of sp³-hybridized carbons (Fsp3) is 0.159. The smallest absolute Gasteiger partial charge is 0.174 e. The number of nitriles is 1. The van der Waals surface area contributed by atoms with Crippen LogP contribution >= 0.6 is 11.6 Å². The Hall–Kier alpha value is -5.98. The van der Waals surface area contributed by atoms with E-state index in [4.69, 9.17) is 40.9 Å². The lowest BCUT2D eigenvalue weighted by Gasteiger charge is -2.14. The molecule has 0 saturated carbocycles. The van der Waals surface area contributed by atoms with Gasteiger partial charge in [-0.15, -0.1) is 0 Å². The van der Waals surface area contributed by atoms with Gasteiger partial charge in [0.15, 0.2) is 6.61 Å². The van der Waals surface area contributed by atoms with Gasteiger partial charge < -0.3 is 24.1 Å². The standard InChI is InChI=1S/C27H23ClN2O3.C17H15NO2/c1-19-13-23(28)15-22(27(19)32-12-11-29)17-31-16-20-5-4-7-25(14-20)33-18-24-10-9-21-6-2-3-8-26(21)30-24;19-11-13-4-3-6-16(10-13)20-12-15-9-8-14-5-1-2-7-17(14)18-15/h2-10,13-15H,12,16-18H2,1H3;1-10,19H,11-12H2. The van der Waals surface area contributed by atoms with Crippen LogP contribution in [0.2, 0.25) is 5.02 Å². The molecule has 0 saturated heterocycles. The van der Waals surface area contributed by atoms with E-state index in [2.05, 4.69) is 16.0 Å². The molecule has 0 spiro atoms. The molecule has 0 bridgehead atoms. The molecule has 0 aliphatic carbocycles. The van der Waals surface area contributed by atoms with E-state index in [-0.39, 0.29) is 13.2 Å². The van der Waals surface area contributed by atoms with Crippen LogP contribution in [-0.4, -0.2) is 21.7 Å². The summed E-state index contributed by atoms with van der Waals surface area (Å²) in [5.74, 6) is 2.13. The summed E-state index contributed by atoms with van der Waals surface area (Å²) in [5.41, 5.74) is 7.19. The van der Waals surface area contributed by atoms with Crippen molar-refractivity contribution in [2.45, 2.75) is 40.0 Å². The molecule has 5 aromatic carbocycles. The first-order valence-corrected chi connectivity index (χ1v) is 17.5. The maximum absolute atomic E-state index is 9.10. The van der Waals surface area contributed by atoms with Crippen LogP contribution in [0.4, 0.5) is 0 Å². The number of para-hydroxylation sites is 2. The van der Waals surface area contributed by atoms with Crippen molar-refractivity contribution in [3.8, 4) is 23.3 Å². The summed E-state index contributed by atoms with van der Waals surface area (Å²) in [6.07, 6.45) is 0. The van der Waals surface area contributed by atoms with Crippen LogP contribution in [-0.2, 0) is 37.8 Å². The van der Waals surface area contributed by atoms with Crippen molar-refractivity contribution in [1.82, 2.24) is 9.97 Å². The van der Waals surface area contributed by atoms with Crippen LogP contribution in [0, 0.1) is 18.3 Å². The number of aryl methyl sites for hydroxylation is 1. The maximum Gasteiger partial charge on any atom is 0.174 e. The topological polar surface area (TPSA) is 107 Å². The molecule has 9 heteroatoms. The largest absolute Gasteiger partial charge is 0.487 e. The van der Waals surface area contributed by atoms with Gasteiger partial charge >= 0.3 is 0 Å². The summed E-state index contributed by atoms with van der Waals surface area (Å²) in [7, 11) is 0. The molecule has 0 atom stereocenters. The number of aliphatic hydroxyl groups excluding tert-OH is 1. The Morgan fingerprint density at radius 2 is 1.21 bits per heavy atom. The molecular weight excluding hydrogens is 686 g/mol. The summed E-state index contributed by atoms with van der Waals surface area (Å²) >= 11 is 6.19. The molecular formula is C44H38ClN3O5. The van der Waals surface area contributed by atoms with Gasteiger partial charge in [-0.05, 0) is 84.3 Å². The van der Waals surface area contributed by atoms with Crippen LogP contribution in [0.1, 0.15) is 33.6 Å². The third-order valence-electron chi connectivity index (χ3n) is 8.19. The van der Waals surface area contributed by atoms with Gasteiger partial charge in [-0.1, -0.05) is 84.4 Å². The van der Waals surface area contributed by atoms with E-state index in [9.17, 15) is 0 Å². The number of pyridine rings is 2. The van der Waals surface area contributed by atoms with E-state index >= 15 is 0 Å². The van der Waals surface area contributed by atoms with E-state index in [0.29, 0.717) is 37.2 Å². The summed E-state index contributed by atoms with van der Waals surface area (Å²) in [4.78, 5) is 9.21. The normalized spacial score (nSPS) is 10.7. The highest BCUT2D eigenvalue weighted by atomic mass is 35.5. The number of rotatable bonds is 13. The minimum Gasteiger partial charge on any atom is -0.487 e. The number of aromatic nitrogens is 2. The van der Waals surface area contributed by atoms with Crippen molar-refractivity contribution in [2.24, 2.45) is 0 Å². The Labute approximate surface area is 313 Å². The van der Waals surface area contributed by atoms with Crippen molar-refractivity contribution in [1.29, 1.82) is 5.26 Å². The molecule has 53 heavy (non-hydrogen) atoms. The Balaban J connectivity index is 0.000000204. The van der Waals surface area contributed by atoms with Gasteiger partial charge in [-0.3, -0.25) is 0 Å². The lowest BCUT2D eigenvalue weighted by Crippen LogP contribution is -2.03. The Morgan fingerprint density at radius 1 is 0.623 bits per heavy atom. The number of fused-ring (bicyclic) bond motifs is 2. The number of benzene rings is 5.